The number of hydrogen-bond donors (Lipinski definition) is 2. The molecule has 174 valence electrons. The van der Waals surface area contributed by atoms with E-state index in [0.29, 0.717) is 42.5 Å². The first-order valence-corrected chi connectivity index (χ1v) is 11.3. The van der Waals surface area contributed by atoms with Gasteiger partial charge in [0.2, 0.25) is 5.91 Å². The lowest BCUT2D eigenvalue weighted by molar-refractivity contribution is -0.122. The topological polar surface area (TPSA) is 87.3 Å². The number of nitrogens with one attached hydrogen (secondary N) is 2. The van der Waals surface area contributed by atoms with Crippen LogP contribution < -0.4 is 15.6 Å². The van der Waals surface area contributed by atoms with Crippen LogP contribution in [0.3, 0.4) is 0 Å². The molecular formula is C25H29FN4O3. The number of piperidine rings is 1. The Labute approximate surface area is 192 Å². The van der Waals surface area contributed by atoms with Crippen molar-refractivity contribution in [1.82, 2.24) is 20.2 Å². The quantitative estimate of drug-likeness (QED) is 0.548. The number of benzene rings is 2. The summed E-state index contributed by atoms with van der Waals surface area (Å²) in [7, 11) is 1.46. The highest BCUT2D eigenvalue weighted by atomic mass is 19.1. The summed E-state index contributed by atoms with van der Waals surface area (Å²) in [5.41, 5.74) is 1.44. The molecule has 1 saturated heterocycles. The molecule has 1 aromatic heterocycles. The SMILES string of the molecule is COc1ccc(CN2CCC(NC(=O)CCCc3nc4ccccc4c(=O)[nH]3)CC2)cc1F. The van der Waals surface area contributed by atoms with Crippen molar-refractivity contribution >= 4 is 16.8 Å². The van der Waals surface area contributed by atoms with E-state index in [9.17, 15) is 14.0 Å². The van der Waals surface area contributed by atoms with Crippen molar-refractivity contribution in [3.05, 3.63) is 70.0 Å². The molecule has 0 unspecified atom stereocenters. The number of fused-ring (bicyclic) bond motifs is 1. The molecule has 1 fully saturated rings. The van der Waals surface area contributed by atoms with Crippen LogP contribution in [-0.2, 0) is 17.8 Å². The molecule has 1 aliphatic heterocycles. The molecule has 2 heterocycles. The predicted molar refractivity (Wildman–Crippen MR) is 125 cm³/mol. The Bertz CT molecular complexity index is 1170. The molecule has 3 aromatic rings. The number of likely N-dealkylation sites (tertiary alicyclic amines) is 1. The lowest BCUT2D eigenvalue weighted by atomic mass is 10.0. The summed E-state index contributed by atoms with van der Waals surface area (Å²) >= 11 is 0. The van der Waals surface area contributed by atoms with Crippen molar-refractivity contribution in [2.75, 3.05) is 20.2 Å². The molecule has 0 saturated carbocycles. The van der Waals surface area contributed by atoms with Crippen molar-refractivity contribution in [2.45, 2.75) is 44.7 Å². The second kappa shape index (κ2) is 10.6. The third-order valence-corrected chi connectivity index (χ3v) is 6.05. The number of aromatic nitrogens is 2. The smallest absolute Gasteiger partial charge is 0.258 e. The Morgan fingerprint density at radius 1 is 1.24 bits per heavy atom. The largest absolute Gasteiger partial charge is 0.494 e. The van der Waals surface area contributed by atoms with Crippen molar-refractivity contribution in [3.8, 4) is 5.75 Å². The number of para-hydroxylation sites is 1. The van der Waals surface area contributed by atoms with Gasteiger partial charge in [0, 0.05) is 38.5 Å². The van der Waals surface area contributed by atoms with Gasteiger partial charge in [0.05, 0.1) is 18.0 Å². The van der Waals surface area contributed by atoms with Crippen LogP contribution in [-0.4, -0.2) is 47.0 Å². The molecule has 4 rings (SSSR count). The molecule has 0 aliphatic carbocycles. The number of nitrogens with zero attached hydrogens (tertiary/aromatic N) is 2. The number of ether oxygens (including phenoxy) is 1. The minimum absolute atomic E-state index is 0.0220. The van der Waals surface area contributed by atoms with E-state index >= 15 is 0 Å². The Morgan fingerprint density at radius 2 is 2.03 bits per heavy atom. The van der Waals surface area contributed by atoms with Crippen molar-refractivity contribution in [1.29, 1.82) is 0 Å². The Morgan fingerprint density at radius 3 is 2.79 bits per heavy atom. The summed E-state index contributed by atoms with van der Waals surface area (Å²) in [6.45, 7) is 2.38. The number of aryl methyl sites for hydroxylation is 1. The van der Waals surface area contributed by atoms with Crippen molar-refractivity contribution in [2.24, 2.45) is 0 Å². The molecule has 8 heteroatoms. The van der Waals surface area contributed by atoms with Crippen LogP contribution in [0.1, 0.15) is 37.1 Å². The molecule has 0 bridgehead atoms. The zero-order chi connectivity index (χ0) is 23.2. The number of amides is 1. The zero-order valence-corrected chi connectivity index (χ0v) is 18.8. The molecule has 2 N–H and O–H groups in total. The molecule has 33 heavy (non-hydrogen) atoms. The van der Waals surface area contributed by atoms with Crippen molar-refractivity contribution < 1.29 is 13.9 Å². The standard InChI is InChI=1S/C25H29FN4O3/c1-33-22-10-9-17(15-20(22)26)16-30-13-11-18(12-14-30)27-24(31)8-4-7-23-28-21-6-3-2-5-19(21)25(32)29-23/h2-3,5-6,9-10,15,18H,4,7-8,11-14,16H2,1H3,(H,27,31)(H,28,29,32). The number of halogens is 1. The lowest BCUT2D eigenvalue weighted by Crippen LogP contribution is -2.44. The summed E-state index contributed by atoms with van der Waals surface area (Å²) in [6.07, 6.45) is 3.29. The van der Waals surface area contributed by atoms with E-state index in [1.807, 2.05) is 24.3 Å². The molecule has 2 aromatic carbocycles. The third-order valence-electron chi connectivity index (χ3n) is 6.05. The minimum atomic E-state index is -0.347. The fourth-order valence-corrected chi connectivity index (χ4v) is 4.27. The first kappa shape index (κ1) is 22.9. The average molecular weight is 453 g/mol. The van der Waals surface area contributed by atoms with Gasteiger partial charge in [0.15, 0.2) is 11.6 Å². The minimum Gasteiger partial charge on any atom is -0.494 e. The van der Waals surface area contributed by atoms with E-state index in [1.54, 1.807) is 12.1 Å². The van der Waals surface area contributed by atoms with Gasteiger partial charge in [-0.15, -0.1) is 0 Å². The van der Waals surface area contributed by atoms with Gasteiger partial charge in [0.1, 0.15) is 5.82 Å². The number of hydrogen-bond acceptors (Lipinski definition) is 5. The van der Waals surface area contributed by atoms with Gasteiger partial charge in [0.25, 0.3) is 5.56 Å². The Hall–Kier alpha value is -3.26. The Balaban J connectivity index is 1.19. The molecule has 0 atom stereocenters. The lowest BCUT2D eigenvalue weighted by Gasteiger charge is -2.32. The van der Waals surface area contributed by atoms with Crippen LogP contribution in [0.25, 0.3) is 10.9 Å². The average Bonchev–Trinajstić information content (AvgIpc) is 2.81. The zero-order valence-electron chi connectivity index (χ0n) is 18.8. The number of H-pyrrole nitrogens is 1. The molecule has 0 spiro atoms. The number of rotatable bonds is 8. The second-order valence-electron chi connectivity index (χ2n) is 8.47. The first-order valence-electron chi connectivity index (χ1n) is 11.3. The fourth-order valence-electron chi connectivity index (χ4n) is 4.27. The molecule has 7 nitrogen and oxygen atoms in total. The van der Waals surface area contributed by atoms with Crippen LogP contribution in [0.5, 0.6) is 5.75 Å². The highest BCUT2D eigenvalue weighted by Gasteiger charge is 2.21. The van der Waals surface area contributed by atoms with E-state index in [2.05, 4.69) is 20.2 Å². The molecule has 1 amide bonds. The van der Waals surface area contributed by atoms with Crippen LogP contribution in [0.4, 0.5) is 4.39 Å². The molecule has 1 aliphatic rings. The van der Waals surface area contributed by atoms with Gasteiger partial charge >= 0.3 is 0 Å². The van der Waals surface area contributed by atoms with Crippen LogP contribution in [0.2, 0.25) is 0 Å². The number of methoxy groups -OCH3 is 1. The monoisotopic (exact) mass is 452 g/mol. The first-order chi connectivity index (χ1) is 16.0. The highest BCUT2D eigenvalue weighted by molar-refractivity contribution is 5.77. The van der Waals surface area contributed by atoms with Gasteiger partial charge in [-0.1, -0.05) is 18.2 Å². The van der Waals surface area contributed by atoms with Crippen LogP contribution in [0, 0.1) is 5.82 Å². The van der Waals surface area contributed by atoms with E-state index in [1.165, 1.54) is 13.2 Å². The molecule has 0 radical (unpaired) electrons. The second-order valence-corrected chi connectivity index (χ2v) is 8.47. The van der Waals surface area contributed by atoms with Gasteiger partial charge in [-0.25, -0.2) is 9.37 Å². The number of aromatic amines is 1. The fraction of sp³-hybridized carbons (Fsp3) is 0.400. The predicted octanol–water partition coefficient (Wildman–Crippen LogP) is 3.17. The maximum Gasteiger partial charge on any atom is 0.258 e. The van der Waals surface area contributed by atoms with Crippen LogP contribution in [0.15, 0.2) is 47.3 Å². The summed E-state index contributed by atoms with van der Waals surface area (Å²) in [6, 6.07) is 12.4. The van der Waals surface area contributed by atoms with E-state index in [0.717, 1.165) is 31.5 Å². The van der Waals surface area contributed by atoms with Crippen molar-refractivity contribution in [3.63, 3.8) is 0 Å². The Kier molecular flexibility index (Phi) is 7.34. The summed E-state index contributed by atoms with van der Waals surface area (Å²) in [4.78, 5) is 34.1. The summed E-state index contributed by atoms with van der Waals surface area (Å²) in [5, 5.41) is 3.69. The number of carbonyl (C=O) groups is 1. The maximum absolute atomic E-state index is 13.9. The summed E-state index contributed by atoms with van der Waals surface area (Å²) in [5.74, 6) is 0.534. The van der Waals surface area contributed by atoms with Gasteiger partial charge < -0.3 is 15.0 Å². The van der Waals surface area contributed by atoms with E-state index in [-0.39, 0.29) is 29.1 Å². The van der Waals surface area contributed by atoms with Gasteiger partial charge in [-0.3, -0.25) is 14.5 Å². The number of carbonyl (C=O) groups excluding carboxylic acids is 1. The van der Waals surface area contributed by atoms with E-state index in [4.69, 9.17) is 4.74 Å². The van der Waals surface area contributed by atoms with Gasteiger partial charge in [-0.05, 0) is 49.1 Å². The maximum atomic E-state index is 13.9. The van der Waals surface area contributed by atoms with Crippen LogP contribution >= 0.6 is 0 Å². The normalized spacial score (nSPS) is 15.0. The van der Waals surface area contributed by atoms with E-state index < -0.39 is 0 Å². The summed E-state index contributed by atoms with van der Waals surface area (Å²) < 4.78 is 18.9. The highest BCUT2D eigenvalue weighted by Crippen LogP contribution is 2.20. The molecular weight excluding hydrogens is 423 g/mol. The third kappa shape index (κ3) is 5.96. The van der Waals surface area contributed by atoms with Gasteiger partial charge in [-0.2, -0.15) is 0 Å².